The van der Waals surface area contributed by atoms with Crippen molar-refractivity contribution < 1.29 is 14.3 Å². The van der Waals surface area contributed by atoms with Gasteiger partial charge in [-0.2, -0.15) is 0 Å². The predicted molar refractivity (Wildman–Crippen MR) is 128 cm³/mol. The second-order valence-electron chi connectivity index (χ2n) is 8.86. The van der Waals surface area contributed by atoms with Crippen LogP contribution in [0.5, 0.6) is 11.5 Å². The first-order valence-corrected chi connectivity index (χ1v) is 11.5. The average molecular weight is 443 g/mol. The molecule has 0 radical (unpaired) electrons. The van der Waals surface area contributed by atoms with Crippen LogP contribution in [0.2, 0.25) is 0 Å². The molecule has 1 amide bonds. The highest BCUT2D eigenvalue weighted by atomic mass is 16.5. The Morgan fingerprint density at radius 2 is 1.39 bits per heavy atom. The summed E-state index contributed by atoms with van der Waals surface area (Å²) in [5.74, 6) is 1.76. The van der Waals surface area contributed by atoms with Crippen LogP contribution >= 0.6 is 0 Å². The van der Waals surface area contributed by atoms with Crippen LogP contribution in [-0.4, -0.2) is 49.6 Å². The maximum atomic E-state index is 13.4. The maximum absolute atomic E-state index is 13.4. The highest BCUT2D eigenvalue weighted by Gasteiger charge is 2.40. The Kier molecular flexibility index (Phi) is 6.05. The molecule has 2 aliphatic heterocycles. The zero-order chi connectivity index (χ0) is 22.8. The van der Waals surface area contributed by atoms with Crippen LogP contribution in [0.3, 0.4) is 0 Å². The maximum Gasteiger partial charge on any atom is 0.228 e. The van der Waals surface area contributed by atoms with Crippen molar-refractivity contribution in [3.05, 3.63) is 95.1 Å². The van der Waals surface area contributed by atoms with Crippen LogP contribution in [0.15, 0.2) is 72.8 Å². The summed E-state index contributed by atoms with van der Waals surface area (Å²) in [5.41, 5.74) is 4.92. The van der Waals surface area contributed by atoms with Crippen LogP contribution in [0.25, 0.3) is 0 Å². The van der Waals surface area contributed by atoms with Crippen LogP contribution < -0.4 is 9.47 Å². The molecule has 0 spiro atoms. The van der Waals surface area contributed by atoms with E-state index < -0.39 is 0 Å². The third-order valence-corrected chi connectivity index (χ3v) is 6.88. The van der Waals surface area contributed by atoms with Crippen LogP contribution in [0.4, 0.5) is 0 Å². The summed E-state index contributed by atoms with van der Waals surface area (Å²) >= 11 is 0. The standard InChI is InChI=1S/C28H30N2O3/c1-32-25-15-22-13-14-29(17-23(22)16-26(25)33-2)28(31)24-18-30(19-24)27(20-9-5-3-6-10-20)21-11-7-4-8-12-21/h3-12,15-16,24,27H,13-14,17-19H2,1-2H3. The zero-order valence-electron chi connectivity index (χ0n) is 19.2. The number of methoxy groups -OCH3 is 2. The van der Waals surface area contributed by atoms with E-state index in [9.17, 15) is 4.79 Å². The summed E-state index contributed by atoms with van der Waals surface area (Å²) in [5, 5.41) is 0. The number of hydrogen-bond acceptors (Lipinski definition) is 4. The quantitative estimate of drug-likeness (QED) is 0.571. The number of nitrogens with zero attached hydrogens (tertiary/aromatic N) is 2. The number of carbonyl (C=O) groups is 1. The van der Waals surface area contributed by atoms with Gasteiger partial charge in [-0.05, 0) is 40.8 Å². The monoisotopic (exact) mass is 442 g/mol. The Hall–Kier alpha value is -3.31. The van der Waals surface area contributed by atoms with Crippen molar-refractivity contribution in [1.82, 2.24) is 9.80 Å². The number of rotatable bonds is 6. The van der Waals surface area contributed by atoms with Crippen molar-refractivity contribution in [1.29, 1.82) is 0 Å². The molecular formula is C28H30N2O3. The molecule has 170 valence electrons. The molecule has 1 saturated heterocycles. The summed E-state index contributed by atoms with van der Waals surface area (Å²) in [6, 6.07) is 25.4. The lowest BCUT2D eigenvalue weighted by Crippen LogP contribution is -2.56. The van der Waals surface area contributed by atoms with E-state index in [1.807, 2.05) is 29.2 Å². The first kappa shape index (κ1) is 21.5. The number of benzene rings is 3. The molecule has 0 aliphatic carbocycles. The second kappa shape index (κ2) is 9.28. The molecule has 5 nitrogen and oxygen atoms in total. The number of fused-ring (bicyclic) bond motifs is 1. The van der Waals surface area contributed by atoms with Gasteiger partial charge in [-0.3, -0.25) is 9.69 Å². The number of ether oxygens (including phenoxy) is 2. The normalized spacial score (nSPS) is 16.3. The number of likely N-dealkylation sites (tertiary alicyclic amines) is 1. The highest BCUT2D eigenvalue weighted by molar-refractivity contribution is 5.80. The Morgan fingerprint density at radius 3 is 1.94 bits per heavy atom. The van der Waals surface area contributed by atoms with Gasteiger partial charge in [0, 0.05) is 26.2 Å². The average Bonchev–Trinajstić information content (AvgIpc) is 2.85. The SMILES string of the molecule is COc1cc2c(cc1OC)CN(C(=O)C1CN(C(c3ccccc3)c3ccccc3)C1)CC2. The summed E-state index contributed by atoms with van der Waals surface area (Å²) in [6.45, 7) is 2.94. The molecule has 1 fully saturated rings. The van der Waals surface area contributed by atoms with Crippen LogP contribution in [0, 0.1) is 5.92 Å². The molecule has 3 aromatic rings. The summed E-state index contributed by atoms with van der Waals surface area (Å²) in [4.78, 5) is 17.8. The molecule has 0 saturated carbocycles. The fourth-order valence-electron chi connectivity index (χ4n) is 5.09. The smallest absolute Gasteiger partial charge is 0.228 e. The minimum Gasteiger partial charge on any atom is -0.493 e. The van der Waals surface area contributed by atoms with E-state index in [0.29, 0.717) is 12.3 Å². The van der Waals surface area contributed by atoms with Gasteiger partial charge in [0.1, 0.15) is 0 Å². The number of hydrogen-bond donors (Lipinski definition) is 0. The lowest BCUT2D eigenvalue weighted by Gasteiger charge is -2.46. The molecule has 5 heteroatoms. The molecule has 0 unspecified atom stereocenters. The predicted octanol–water partition coefficient (Wildman–Crippen LogP) is 4.31. The fraction of sp³-hybridized carbons (Fsp3) is 0.321. The first-order valence-electron chi connectivity index (χ1n) is 11.5. The molecule has 2 aliphatic rings. The lowest BCUT2D eigenvalue weighted by atomic mass is 9.89. The second-order valence-corrected chi connectivity index (χ2v) is 8.86. The molecule has 0 bridgehead atoms. The first-order chi connectivity index (χ1) is 16.2. The fourth-order valence-corrected chi connectivity index (χ4v) is 5.09. The van der Waals surface area contributed by atoms with Gasteiger partial charge in [0.25, 0.3) is 0 Å². The topological polar surface area (TPSA) is 42.0 Å². The van der Waals surface area contributed by atoms with Crippen molar-refractivity contribution in [3.8, 4) is 11.5 Å². The molecule has 0 N–H and O–H groups in total. The van der Waals surface area contributed by atoms with Gasteiger partial charge >= 0.3 is 0 Å². The third-order valence-electron chi connectivity index (χ3n) is 6.88. The molecule has 0 aromatic heterocycles. The van der Waals surface area contributed by atoms with E-state index in [4.69, 9.17) is 9.47 Å². The van der Waals surface area contributed by atoms with Gasteiger partial charge in [-0.1, -0.05) is 60.7 Å². The summed E-state index contributed by atoms with van der Waals surface area (Å²) < 4.78 is 10.9. The molecular weight excluding hydrogens is 412 g/mol. The molecule has 0 atom stereocenters. The van der Waals surface area contributed by atoms with E-state index in [1.54, 1.807) is 14.2 Å². The van der Waals surface area contributed by atoms with E-state index in [-0.39, 0.29) is 17.9 Å². The largest absolute Gasteiger partial charge is 0.493 e. The van der Waals surface area contributed by atoms with Gasteiger partial charge in [-0.15, -0.1) is 0 Å². The van der Waals surface area contributed by atoms with Crippen molar-refractivity contribution in [3.63, 3.8) is 0 Å². The Balaban J connectivity index is 1.28. The third kappa shape index (κ3) is 4.21. The lowest BCUT2D eigenvalue weighted by molar-refractivity contribution is -0.142. The van der Waals surface area contributed by atoms with E-state index in [1.165, 1.54) is 16.7 Å². The van der Waals surface area contributed by atoms with Gasteiger partial charge < -0.3 is 14.4 Å². The van der Waals surface area contributed by atoms with Crippen molar-refractivity contribution >= 4 is 5.91 Å². The van der Waals surface area contributed by atoms with Gasteiger partial charge in [0.05, 0.1) is 26.2 Å². The highest BCUT2D eigenvalue weighted by Crippen LogP contribution is 2.37. The molecule has 33 heavy (non-hydrogen) atoms. The van der Waals surface area contributed by atoms with Crippen LogP contribution in [-0.2, 0) is 17.8 Å². The number of amides is 1. The van der Waals surface area contributed by atoms with Crippen molar-refractivity contribution in [2.45, 2.75) is 19.0 Å². The van der Waals surface area contributed by atoms with Crippen LogP contribution in [0.1, 0.15) is 28.3 Å². The van der Waals surface area contributed by atoms with E-state index in [0.717, 1.165) is 37.4 Å². The minimum absolute atomic E-state index is 0.0432. The van der Waals surface area contributed by atoms with E-state index in [2.05, 4.69) is 53.4 Å². The van der Waals surface area contributed by atoms with E-state index >= 15 is 0 Å². The molecule has 2 heterocycles. The zero-order valence-corrected chi connectivity index (χ0v) is 19.2. The molecule has 5 rings (SSSR count). The van der Waals surface area contributed by atoms with Crippen molar-refractivity contribution in [2.24, 2.45) is 5.92 Å². The summed E-state index contributed by atoms with van der Waals surface area (Å²) in [6.07, 6.45) is 0.842. The summed E-state index contributed by atoms with van der Waals surface area (Å²) in [7, 11) is 3.30. The Morgan fingerprint density at radius 1 is 0.848 bits per heavy atom. The molecule has 3 aromatic carbocycles. The Bertz CT molecular complexity index is 1070. The van der Waals surface area contributed by atoms with Crippen molar-refractivity contribution in [2.75, 3.05) is 33.9 Å². The Labute approximate surface area is 195 Å². The minimum atomic E-state index is 0.0432. The van der Waals surface area contributed by atoms with Gasteiger partial charge in [0.15, 0.2) is 11.5 Å². The number of carbonyl (C=O) groups excluding carboxylic acids is 1. The van der Waals surface area contributed by atoms with Gasteiger partial charge in [-0.25, -0.2) is 0 Å². The van der Waals surface area contributed by atoms with Gasteiger partial charge in [0.2, 0.25) is 5.91 Å².